The molecule has 0 aliphatic heterocycles. The first-order valence-corrected chi connectivity index (χ1v) is 5.77. The van der Waals surface area contributed by atoms with Crippen LogP contribution in [-0.2, 0) is 0 Å². The van der Waals surface area contributed by atoms with Gasteiger partial charge in [-0.05, 0) is 25.9 Å². The van der Waals surface area contributed by atoms with Crippen LogP contribution in [0.3, 0.4) is 0 Å². The van der Waals surface area contributed by atoms with Crippen LogP contribution in [-0.4, -0.2) is 48.8 Å². The van der Waals surface area contributed by atoms with E-state index in [9.17, 15) is 5.11 Å². The largest absolute Gasteiger partial charge is 0.394 e. The van der Waals surface area contributed by atoms with Gasteiger partial charge in [0.25, 0.3) is 0 Å². The summed E-state index contributed by atoms with van der Waals surface area (Å²) in [5, 5.41) is 12.7. The van der Waals surface area contributed by atoms with Crippen molar-refractivity contribution >= 4 is 0 Å². The van der Waals surface area contributed by atoms with Crippen molar-refractivity contribution in [3.63, 3.8) is 0 Å². The van der Waals surface area contributed by atoms with Crippen molar-refractivity contribution in [3.05, 3.63) is 0 Å². The zero-order valence-corrected chi connectivity index (χ0v) is 11.2. The van der Waals surface area contributed by atoms with Crippen LogP contribution in [0.1, 0.15) is 34.6 Å². The van der Waals surface area contributed by atoms with Crippen molar-refractivity contribution in [2.24, 2.45) is 5.41 Å². The van der Waals surface area contributed by atoms with Gasteiger partial charge in [0.05, 0.1) is 12.1 Å². The number of likely N-dealkylation sites (N-methyl/N-ethyl adjacent to an activating group) is 2. The summed E-state index contributed by atoms with van der Waals surface area (Å²) >= 11 is 0. The van der Waals surface area contributed by atoms with E-state index in [1.807, 2.05) is 0 Å². The van der Waals surface area contributed by atoms with E-state index in [1.165, 1.54) is 0 Å². The maximum absolute atomic E-state index is 9.37. The second-order valence-electron chi connectivity index (χ2n) is 5.98. The summed E-state index contributed by atoms with van der Waals surface area (Å²) in [6, 6.07) is 0. The minimum atomic E-state index is -0.186. The molecule has 15 heavy (non-hydrogen) atoms. The molecule has 0 bridgehead atoms. The number of hydrogen-bond acceptors (Lipinski definition) is 3. The Labute approximate surface area is 94.9 Å². The van der Waals surface area contributed by atoms with Gasteiger partial charge < -0.3 is 15.3 Å². The normalized spacial score (nSPS) is 16.8. The third-order valence-corrected chi connectivity index (χ3v) is 2.32. The standard InChI is InChI=1S/C12H28N2O/c1-7-13-12(5,10-15)9-14(6)8-11(2,3)4/h13,15H,7-10H2,1-6H3. The number of nitrogens with one attached hydrogen (secondary N) is 1. The van der Waals surface area contributed by atoms with Crippen molar-refractivity contribution in [2.45, 2.75) is 40.2 Å². The molecule has 0 amide bonds. The van der Waals surface area contributed by atoms with E-state index < -0.39 is 0 Å². The van der Waals surface area contributed by atoms with Crippen LogP contribution in [0.2, 0.25) is 0 Å². The quantitative estimate of drug-likeness (QED) is 0.703. The smallest absolute Gasteiger partial charge is 0.0623 e. The van der Waals surface area contributed by atoms with Crippen molar-refractivity contribution in [1.29, 1.82) is 0 Å². The van der Waals surface area contributed by atoms with Crippen molar-refractivity contribution in [3.8, 4) is 0 Å². The zero-order chi connectivity index (χ0) is 12.1. The Hall–Kier alpha value is -0.120. The van der Waals surface area contributed by atoms with Gasteiger partial charge in [0.1, 0.15) is 0 Å². The summed E-state index contributed by atoms with van der Waals surface area (Å²) in [6.45, 7) is 13.8. The number of rotatable bonds is 6. The van der Waals surface area contributed by atoms with Crippen LogP contribution in [0.4, 0.5) is 0 Å². The Morgan fingerprint density at radius 1 is 1.13 bits per heavy atom. The summed E-state index contributed by atoms with van der Waals surface area (Å²) < 4.78 is 0. The number of aliphatic hydroxyl groups is 1. The Morgan fingerprint density at radius 2 is 1.67 bits per heavy atom. The van der Waals surface area contributed by atoms with E-state index in [2.05, 4.69) is 51.9 Å². The van der Waals surface area contributed by atoms with Gasteiger partial charge in [0, 0.05) is 13.1 Å². The highest BCUT2D eigenvalue weighted by Crippen LogP contribution is 2.15. The fourth-order valence-electron chi connectivity index (χ4n) is 2.05. The Kier molecular flexibility index (Phi) is 5.78. The Balaban J connectivity index is 4.18. The first-order valence-electron chi connectivity index (χ1n) is 5.77. The fourth-order valence-corrected chi connectivity index (χ4v) is 2.05. The lowest BCUT2D eigenvalue weighted by molar-refractivity contribution is 0.116. The first kappa shape index (κ1) is 14.9. The lowest BCUT2D eigenvalue weighted by atomic mass is 9.95. The molecule has 0 aromatic heterocycles. The van der Waals surface area contributed by atoms with E-state index in [-0.39, 0.29) is 12.1 Å². The van der Waals surface area contributed by atoms with Crippen LogP contribution in [0.5, 0.6) is 0 Å². The number of aliphatic hydroxyl groups excluding tert-OH is 1. The third-order valence-electron chi connectivity index (χ3n) is 2.32. The minimum Gasteiger partial charge on any atom is -0.394 e. The molecule has 0 saturated carbocycles. The van der Waals surface area contributed by atoms with Gasteiger partial charge in [-0.3, -0.25) is 0 Å². The molecule has 0 aliphatic carbocycles. The zero-order valence-electron chi connectivity index (χ0n) is 11.2. The second kappa shape index (κ2) is 5.83. The molecule has 0 aliphatic rings. The van der Waals surface area contributed by atoms with Gasteiger partial charge >= 0.3 is 0 Å². The molecule has 0 saturated heterocycles. The van der Waals surface area contributed by atoms with Gasteiger partial charge in [-0.15, -0.1) is 0 Å². The minimum absolute atomic E-state index is 0.176. The maximum Gasteiger partial charge on any atom is 0.0623 e. The molecule has 0 radical (unpaired) electrons. The summed E-state index contributed by atoms with van der Waals surface area (Å²) in [4.78, 5) is 2.28. The van der Waals surface area contributed by atoms with E-state index in [4.69, 9.17) is 0 Å². The van der Waals surface area contributed by atoms with Gasteiger partial charge in [0.2, 0.25) is 0 Å². The molecular formula is C12H28N2O. The average molecular weight is 216 g/mol. The molecule has 1 atom stereocenters. The van der Waals surface area contributed by atoms with Crippen LogP contribution in [0.25, 0.3) is 0 Å². The highest BCUT2D eigenvalue weighted by atomic mass is 16.3. The summed E-state index contributed by atoms with van der Waals surface area (Å²) in [6.07, 6.45) is 0. The lowest BCUT2D eigenvalue weighted by Crippen LogP contribution is -2.54. The van der Waals surface area contributed by atoms with Gasteiger partial charge in [-0.25, -0.2) is 0 Å². The SMILES string of the molecule is CCNC(C)(CO)CN(C)CC(C)(C)C. The predicted octanol–water partition coefficient (Wildman–Crippen LogP) is 1.32. The number of hydrogen-bond donors (Lipinski definition) is 2. The summed E-state index contributed by atoms with van der Waals surface area (Å²) in [7, 11) is 2.11. The van der Waals surface area contributed by atoms with Gasteiger partial charge in [-0.2, -0.15) is 0 Å². The lowest BCUT2D eigenvalue weighted by Gasteiger charge is -2.35. The van der Waals surface area contributed by atoms with E-state index in [0.717, 1.165) is 19.6 Å². The average Bonchev–Trinajstić information content (AvgIpc) is 2.00. The Bertz CT molecular complexity index is 177. The molecule has 92 valence electrons. The molecule has 0 heterocycles. The van der Waals surface area contributed by atoms with Crippen LogP contribution < -0.4 is 5.32 Å². The van der Waals surface area contributed by atoms with E-state index >= 15 is 0 Å². The topological polar surface area (TPSA) is 35.5 Å². The molecule has 0 rings (SSSR count). The molecule has 2 N–H and O–H groups in total. The second-order valence-corrected chi connectivity index (χ2v) is 5.98. The van der Waals surface area contributed by atoms with Gasteiger partial charge in [-0.1, -0.05) is 27.7 Å². The molecular weight excluding hydrogens is 188 g/mol. The fraction of sp³-hybridized carbons (Fsp3) is 1.00. The van der Waals surface area contributed by atoms with Crippen LogP contribution in [0, 0.1) is 5.41 Å². The van der Waals surface area contributed by atoms with Gasteiger partial charge in [0.15, 0.2) is 0 Å². The van der Waals surface area contributed by atoms with Crippen molar-refractivity contribution in [2.75, 3.05) is 33.3 Å². The predicted molar refractivity (Wildman–Crippen MR) is 66.1 cm³/mol. The monoisotopic (exact) mass is 216 g/mol. The van der Waals surface area contributed by atoms with Crippen molar-refractivity contribution < 1.29 is 5.11 Å². The molecule has 0 fully saturated rings. The molecule has 0 aromatic carbocycles. The van der Waals surface area contributed by atoms with E-state index in [1.54, 1.807) is 0 Å². The molecule has 3 heteroatoms. The summed E-state index contributed by atoms with van der Waals surface area (Å²) in [5.41, 5.74) is 0.117. The molecule has 0 spiro atoms. The third kappa shape index (κ3) is 6.88. The maximum atomic E-state index is 9.37. The van der Waals surface area contributed by atoms with E-state index in [0.29, 0.717) is 5.41 Å². The van der Waals surface area contributed by atoms with Crippen LogP contribution >= 0.6 is 0 Å². The van der Waals surface area contributed by atoms with Crippen LogP contribution in [0.15, 0.2) is 0 Å². The molecule has 1 unspecified atom stereocenters. The highest BCUT2D eigenvalue weighted by molar-refractivity contribution is 4.85. The molecule has 3 nitrogen and oxygen atoms in total. The summed E-state index contributed by atoms with van der Waals surface area (Å²) in [5.74, 6) is 0. The first-order chi connectivity index (χ1) is 6.72. The molecule has 0 aromatic rings. The van der Waals surface area contributed by atoms with Crippen molar-refractivity contribution in [1.82, 2.24) is 10.2 Å². The Morgan fingerprint density at radius 3 is 2.00 bits per heavy atom. The number of nitrogens with zero attached hydrogens (tertiary/aromatic N) is 1. The highest BCUT2D eigenvalue weighted by Gasteiger charge is 2.25.